The van der Waals surface area contributed by atoms with E-state index in [1.54, 1.807) is 18.2 Å². The average Bonchev–Trinajstić information content (AvgIpc) is 2.69. The van der Waals surface area contributed by atoms with Crippen LogP contribution in [0.25, 0.3) is 11.1 Å². The second kappa shape index (κ2) is 8.58. The number of likely N-dealkylation sites (N-methyl/N-ethyl adjacent to an activating group) is 1. The van der Waals surface area contributed by atoms with Crippen molar-refractivity contribution in [3.8, 4) is 11.1 Å². The lowest BCUT2D eigenvalue weighted by Crippen LogP contribution is -2.24. The molecular formula is C22H22N2O3. The molecule has 0 spiro atoms. The van der Waals surface area contributed by atoms with E-state index in [1.807, 2.05) is 61.6 Å². The van der Waals surface area contributed by atoms with Crippen LogP contribution < -0.4 is 0 Å². The number of nitrogens with zero attached hydrogens (tertiary/aromatic N) is 2. The molecule has 138 valence electrons. The van der Waals surface area contributed by atoms with Crippen molar-refractivity contribution in [2.45, 2.75) is 12.6 Å². The molecule has 5 heteroatoms. The fourth-order valence-corrected chi connectivity index (χ4v) is 3.12. The molecule has 0 saturated carbocycles. The summed E-state index contributed by atoms with van der Waals surface area (Å²) in [6.07, 6.45) is -0.539. The van der Waals surface area contributed by atoms with Gasteiger partial charge >= 0.3 is 0 Å². The standard InChI is InChI=1S/C22H22N2O3/c1-23(16-22(25)19-7-3-2-4-8-19)15-17-11-13-18(14-12-17)20-9-5-6-10-21(20)24(26)27/h2-14,22,25H,15-16H2,1H3. The van der Waals surface area contributed by atoms with Gasteiger partial charge in [0.15, 0.2) is 0 Å². The van der Waals surface area contributed by atoms with E-state index in [0.29, 0.717) is 18.7 Å². The molecule has 0 aliphatic rings. The topological polar surface area (TPSA) is 66.6 Å². The zero-order valence-electron chi connectivity index (χ0n) is 15.2. The Labute approximate surface area is 158 Å². The van der Waals surface area contributed by atoms with Gasteiger partial charge in [-0.15, -0.1) is 0 Å². The van der Waals surface area contributed by atoms with Crippen molar-refractivity contribution in [3.05, 3.63) is 100 Å². The molecule has 3 aromatic carbocycles. The van der Waals surface area contributed by atoms with Crippen LogP contribution in [0.1, 0.15) is 17.2 Å². The maximum absolute atomic E-state index is 11.2. The minimum atomic E-state index is -0.539. The summed E-state index contributed by atoms with van der Waals surface area (Å²) in [5.74, 6) is 0. The fourth-order valence-electron chi connectivity index (χ4n) is 3.12. The van der Waals surface area contributed by atoms with Gasteiger partial charge in [-0.2, -0.15) is 0 Å². The van der Waals surface area contributed by atoms with Crippen LogP contribution in [0.3, 0.4) is 0 Å². The van der Waals surface area contributed by atoms with Gasteiger partial charge in [0.25, 0.3) is 5.69 Å². The van der Waals surface area contributed by atoms with E-state index in [9.17, 15) is 15.2 Å². The van der Waals surface area contributed by atoms with Gasteiger partial charge in [-0.25, -0.2) is 0 Å². The van der Waals surface area contributed by atoms with E-state index in [2.05, 4.69) is 4.90 Å². The third-order valence-electron chi connectivity index (χ3n) is 4.49. The van der Waals surface area contributed by atoms with Gasteiger partial charge < -0.3 is 5.11 Å². The summed E-state index contributed by atoms with van der Waals surface area (Å²) in [6, 6.07) is 24.1. The largest absolute Gasteiger partial charge is 0.387 e. The van der Waals surface area contributed by atoms with Gasteiger partial charge in [0, 0.05) is 19.2 Å². The minimum Gasteiger partial charge on any atom is -0.387 e. The molecule has 0 aromatic heterocycles. The van der Waals surface area contributed by atoms with Gasteiger partial charge in [0.05, 0.1) is 16.6 Å². The SMILES string of the molecule is CN(Cc1ccc(-c2ccccc2[N+](=O)[O-])cc1)CC(O)c1ccccc1. The van der Waals surface area contributed by atoms with Gasteiger partial charge in [-0.1, -0.05) is 66.7 Å². The lowest BCUT2D eigenvalue weighted by Gasteiger charge is -2.21. The molecule has 1 N–H and O–H groups in total. The van der Waals surface area contributed by atoms with Crippen LogP contribution >= 0.6 is 0 Å². The third-order valence-corrected chi connectivity index (χ3v) is 4.49. The first-order valence-corrected chi connectivity index (χ1v) is 8.79. The molecule has 0 aliphatic heterocycles. The minimum absolute atomic E-state index is 0.105. The molecule has 0 bridgehead atoms. The van der Waals surface area contributed by atoms with Crippen molar-refractivity contribution in [2.75, 3.05) is 13.6 Å². The predicted molar refractivity (Wildman–Crippen MR) is 106 cm³/mol. The predicted octanol–water partition coefficient (Wildman–Crippen LogP) is 4.43. The van der Waals surface area contributed by atoms with E-state index < -0.39 is 6.10 Å². The molecule has 1 atom stereocenters. The van der Waals surface area contributed by atoms with Crippen molar-refractivity contribution >= 4 is 5.69 Å². The van der Waals surface area contributed by atoms with Crippen LogP contribution in [0, 0.1) is 10.1 Å². The number of rotatable bonds is 7. The highest BCUT2D eigenvalue weighted by Gasteiger charge is 2.14. The van der Waals surface area contributed by atoms with Crippen molar-refractivity contribution < 1.29 is 10.0 Å². The molecule has 0 radical (unpaired) electrons. The number of benzene rings is 3. The molecule has 0 amide bonds. The van der Waals surface area contributed by atoms with Crippen LogP contribution in [-0.2, 0) is 6.54 Å². The molecular weight excluding hydrogens is 340 g/mol. The Morgan fingerprint density at radius 1 is 0.963 bits per heavy atom. The smallest absolute Gasteiger partial charge is 0.277 e. The van der Waals surface area contributed by atoms with Gasteiger partial charge in [-0.05, 0) is 29.8 Å². The Morgan fingerprint density at radius 2 is 1.59 bits per heavy atom. The van der Waals surface area contributed by atoms with E-state index in [-0.39, 0.29) is 10.6 Å². The fraction of sp³-hybridized carbons (Fsp3) is 0.182. The number of para-hydroxylation sites is 1. The van der Waals surface area contributed by atoms with Crippen molar-refractivity contribution in [1.82, 2.24) is 4.90 Å². The summed E-state index contributed by atoms with van der Waals surface area (Å²) in [5, 5.41) is 21.5. The monoisotopic (exact) mass is 362 g/mol. The van der Waals surface area contributed by atoms with Crippen LogP contribution in [0.15, 0.2) is 78.9 Å². The Morgan fingerprint density at radius 3 is 2.26 bits per heavy atom. The first kappa shape index (κ1) is 18.8. The highest BCUT2D eigenvalue weighted by molar-refractivity contribution is 5.73. The van der Waals surface area contributed by atoms with Crippen molar-refractivity contribution in [3.63, 3.8) is 0 Å². The molecule has 0 heterocycles. The Balaban J connectivity index is 1.67. The highest BCUT2D eigenvalue weighted by Crippen LogP contribution is 2.29. The van der Waals surface area contributed by atoms with E-state index in [4.69, 9.17) is 0 Å². The van der Waals surface area contributed by atoms with E-state index >= 15 is 0 Å². The maximum Gasteiger partial charge on any atom is 0.277 e. The van der Waals surface area contributed by atoms with Crippen LogP contribution in [0.4, 0.5) is 5.69 Å². The van der Waals surface area contributed by atoms with Gasteiger partial charge in [0.2, 0.25) is 0 Å². The Kier molecular flexibility index (Phi) is 5.96. The van der Waals surface area contributed by atoms with E-state index in [1.165, 1.54) is 6.07 Å². The molecule has 5 nitrogen and oxygen atoms in total. The molecule has 0 fully saturated rings. The molecule has 3 rings (SSSR count). The third kappa shape index (κ3) is 4.78. The normalized spacial score (nSPS) is 12.1. The first-order chi connectivity index (χ1) is 13.0. The van der Waals surface area contributed by atoms with Gasteiger partial charge in [0.1, 0.15) is 0 Å². The van der Waals surface area contributed by atoms with Crippen LogP contribution in [0.2, 0.25) is 0 Å². The Bertz CT molecular complexity index is 895. The number of nitro groups is 1. The van der Waals surface area contributed by atoms with E-state index in [0.717, 1.165) is 16.7 Å². The van der Waals surface area contributed by atoms with Gasteiger partial charge in [-0.3, -0.25) is 15.0 Å². The number of hydrogen-bond donors (Lipinski definition) is 1. The lowest BCUT2D eigenvalue weighted by molar-refractivity contribution is -0.384. The first-order valence-electron chi connectivity index (χ1n) is 8.79. The summed E-state index contributed by atoms with van der Waals surface area (Å²) >= 11 is 0. The number of aliphatic hydroxyl groups is 1. The van der Waals surface area contributed by atoms with Crippen LogP contribution in [0.5, 0.6) is 0 Å². The second-order valence-corrected chi connectivity index (χ2v) is 6.59. The lowest BCUT2D eigenvalue weighted by atomic mass is 10.0. The molecule has 1 unspecified atom stereocenters. The van der Waals surface area contributed by atoms with Crippen LogP contribution in [-0.4, -0.2) is 28.5 Å². The zero-order chi connectivity index (χ0) is 19.2. The number of nitro benzene ring substituents is 1. The summed E-state index contributed by atoms with van der Waals surface area (Å²) in [6.45, 7) is 1.21. The summed E-state index contributed by atoms with van der Waals surface area (Å²) in [5.41, 5.74) is 3.52. The number of aliphatic hydroxyl groups excluding tert-OH is 1. The summed E-state index contributed by atoms with van der Waals surface area (Å²) in [4.78, 5) is 12.9. The second-order valence-electron chi connectivity index (χ2n) is 6.59. The summed E-state index contributed by atoms with van der Waals surface area (Å²) < 4.78 is 0. The molecule has 27 heavy (non-hydrogen) atoms. The number of hydrogen-bond acceptors (Lipinski definition) is 4. The Hall–Kier alpha value is -3.02. The molecule has 0 saturated heterocycles. The quantitative estimate of drug-likeness (QED) is 0.499. The van der Waals surface area contributed by atoms with Crippen molar-refractivity contribution in [2.24, 2.45) is 0 Å². The summed E-state index contributed by atoms with van der Waals surface area (Å²) in [7, 11) is 1.96. The zero-order valence-corrected chi connectivity index (χ0v) is 15.2. The molecule has 0 aliphatic carbocycles. The van der Waals surface area contributed by atoms with Crippen molar-refractivity contribution in [1.29, 1.82) is 0 Å². The average molecular weight is 362 g/mol. The molecule has 3 aromatic rings. The maximum atomic E-state index is 11.2. The highest BCUT2D eigenvalue weighted by atomic mass is 16.6.